The van der Waals surface area contributed by atoms with Crippen LogP contribution in [0.4, 0.5) is 4.39 Å². The molecular weight excluding hydrogens is 255 g/mol. The van der Waals surface area contributed by atoms with Gasteiger partial charge in [0.25, 0.3) is 0 Å². The molecule has 1 heterocycles. The Labute approximate surface area is 121 Å². The first-order valence-corrected chi connectivity index (χ1v) is 7.43. The third-order valence-corrected chi connectivity index (χ3v) is 3.77. The van der Waals surface area contributed by atoms with Crippen LogP contribution in [0, 0.1) is 11.7 Å². The average Bonchev–Trinajstić information content (AvgIpc) is 2.41. The lowest BCUT2D eigenvalue weighted by molar-refractivity contribution is 0.0687. The number of benzene rings is 1. The van der Waals surface area contributed by atoms with Crippen LogP contribution in [0.2, 0.25) is 0 Å². The van der Waals surface area contributed by atoms with E-state index in [1.807, 2.05) is 0 Å². The van der Waals surface area contributed by atoms with Gasteiger partial charge in [-0.25, -0.2) is 4.39 Å². The molecule has 3 nitrogen and oxygen atoms in total. The lowest BCUT2D eigenvalue weighted by Gasteiger charge is -2.36. The van der Waals surface area contributed by atoms with Crippen LogP contribution in [-0.4, -0.2) is 54.2 Å². The fourth-order valence-electron chi connectivity index (χ4n) is 2.71. The molecule has 1 fully saturated rings. The molecule has 0 aromatic heterocycles. The van der Waals surface area contributed by atoms with Crippen molar-refractivity contribution < 1.29 is 9.50 Å². The second-order valence-electron chi connectivity index (χ2n) is 6.06. The van der Waals surface area contributed by atoms with Crippen molar-refractivity contribution in [3.63, 3.8) is 0 Å². The van der Waals surface area contributed by atoms with Crippen molar-refractivity contribution in [1.82, 2.24) is 9.80 Å². The summed E-state index contributed by atoms with van der Waals surface area (Å²) >= 11 is 0. The molecule has 0 aliphatic carbocycles. The largest absolute Gasteiger partial charge is 0.387 e. The summed E-state index contributed by atoms with van der Waals surface area (Å²) in [6, 6.07) is 6.13. The van der Waals surface area contributed by atoms with Gasteiger partial charge in [0.05, 0.1) is 6.10 Å². The molecule has 2 rings (SSSR count). The number of halogens is 1. The number of rotatable bonds is 5. The van der Waals surface area contributed by atoms with E-state index in [1.54, 1.807) is 12.1 Å². The van der Waals surface area contributed by atoms with E-state index in [0.717, 1.165) is 38.3 Å². The zero-order valence-electron chi connectivity index (χ0n) is 12.4. The highest BCUT2D eigenvalue weighted by atomic mass is 19.1. The summed E-state index contributed by atoms with van der Waals surface area (Å²) in [4.78, 5) is 4.76. The minimum Gasteiger partial charge on any atom is -0.387 e. The molecule has 0 amide bonds. The first kappa shape index (κ1) is 15.4. The Kier molecular flexibility index (Phi) is 5.52. The summed E-state index contributed by atoms with van der Waals surface area (Å²) in [6.07, 6.45) is -0.535. The molecule has 1 aliphatic heterocycles. The molecule has 0 bridgehead atoms. The lowest BCUT2D eigenvalue weighted by Crippen LogP contribution is -2.48. The maximum atomic E-state index is 12.9. The summed E-state index contributed by atoms with van der Waals surface area (Å²) in [5.41, 5.74) is 0.788. The van der Waals surface area contributed by atoms with E-state index in [2.05, 4.69) is 23.6 Å². The predicted molar refractivity (Wildman–Crippen MR) is 79.1 cm³/mol. The summed E-state index contributed by atoms with van der Waals surface area (Å²) in [7, 11) is 0. The van der Waals surface area contributed by atoms with E-state index < -0.39 is 6.10 Å². The fourth-order valence-corrected chi connectivity index (χ4v) is 2.71. The van der Waals surface area contributed by atoms with E-state index in [1.165, 1.54) is 12.1 Å². The van der Waals surface area contributed by atoms with E-state index in [4.69, 9.17) is 0 Å². The van der Waals surface area contributed by atoms with Gasteiger partial charge in [-0.05, 0) is 23.6 Å². The van der Waals surface area contributed by atoms with Gasteiger partial charge in [0.1, 0.15) is 5.82 Å². The van der Waals surface area contributed by atoms with E-state index in [0.29, 0.717) is 12.5 Å². The second kappa shape index (κ2) is 7.16. The molecule has 0 spiro atoms. The van der Waals surface area contributed by atoms with Crippen molar-refractivity contribution in [2.45, 2.75) is 20.0 Å². The van der Waals surface area contributed by atoms with Crippen molar-refractivity contribution >= 4 is 0 Å². The minimum atomic E-state index is -0.535. The maximum Gasteiger partial charge on any atom is 0.123 e. The fraction of sp³-hybridized carbons (Fsp3) is 0.625. The quantitative estimate of drug-likeness (QED) is 0.895. The molecule has 1 unspecified atom stereocenters. The number of hydrogen-bond acceptors (Lipinski definition) is 3. The number of aliphatic hydroxyl groups is 1. The summed E-state index contributed by atoms with van der Waals surface area (Å²) in [5.74, 6) is 0.439. The molecule has 1 aliphatic rings. The van der Waals surface area contributed by atoms with Gasteiger partial charge in [0.2, 0.25) is 0 Å². The van der Waals surface area contributed by atoms with Gasteiger partial charge in [0, 0.05) is 39.3 Å². The molecule has 112 valence electrons. The van der Waals surface area contributed by atoms with Crippen molar-refractivity contribution in [1.29, 1.82) is 0 Å². The third-order valence-electron chi connectivity index (χ3n) is 3.77. The monoisotopic (exact) mass is 280 g/mol. The summed E-state index contributed by atoms with van der Waals surface area (Å²) in [6.45, 7) is 10.4. The van der Waals surface area contributed by atoms with Crippen LogP contribution in [0.25, 0.3) is 0 Å². The van der Waals surface area contributed by atoms with Crippen LogP contribution in [0.1, 0.15) is 25.5 Å². The van der Waals surface area contributed by atoms with Crippen molar-refractivity contribution in [2.75, 3.05) is 39.3 Å². The van der Waals surface area contributed by atoms with E-state index >= 15 is 0 Å². The maximum absolute atomic E-state index is 12.9. The molecule has 1 saturated heterocycles. The van der Waals surface area contributed by atoms with Crippen LogP contribution < -0.4 is 0 Å². The predicted octanol–water partition coefficient (Wildman–Crippen LogP) is 2.13. The van der Waals surface area contributed by atoms with Gasteiger partial charge in [-0.1, -0.05) is 26.0 Å². The zero-order valence-corrected chi connectivity index (χ0v) is 12.4. The van der Waals surface area contributed by atoms with Crippen LogP contribution >= 0.6 is 0 Å². The third kappa shape index (κ3) is 4.54. The molecule has 20 heavy (non-hydrogen) atoms. The molecule has 1 N–H and O–H groups in total. The van der Waals surface area contributed by atoms with Gasteiger partial charge in [-0.2, -0.15) is 0 Å². The number of aliphatic hydroxyl groups excluding tert-OH is 1. The van der Waals surface area contributed by atoms with Crippen LogP contribution in [0.3, 0.4) is 0 Å². The highest BCUT2D eigenvalue weighted by Gasteiger charge is 2.20. The van der Waals surface area contributed by atoms with E-state index in [-0.39, 0.29) is 5.82 Å². The standard InChI is InChI=1S/C16H25FN2O/c1-13(2)11-18-7-9-19(10-8-18)12-16(20)14-3-5-15(17)6-4-14/h3-6,13,16,20H,7-12H2,1-2H3. The first-order valence-electron chi connectivity index (χ1n) is 7.43. The summed E-state index contributed by atoms with van der Waals surface area (Å²) < 4.78 is 12.9. The second-order valence-corrected chi connectivity index (χ2v) is 6.06. The minimum absolute atomic E-state index is 0.261. The Balaban J connectivity index is 1.79. The molecule has 4 heteroatoms. The first-order chi connectivity index (χ1) is 9.54. The molecule has 1 aromatic rings. The lowest BCUT2D eigenvalue weighted by atomic mass is 10.1. The van der Waals surface area contributed by atoms with Crippen LogP contribution in [0.15, 0.2) is 24.3 Å². The number of hydrogen-bond donors (Lipinski definition) is 1. The van der Waals surface area contributed by atoms with Gasteiger partial charge in [0.15, 0.2) is 0 Å². The van der Waals surface area contributed by atoms with Crippen LogP contribution in [-0.2, 0) is 0 Å². The number of nitrogens with zero attached hydrogens (tertiary/aromatic N) is 2. The van der Waals surface area contributed by atoms with E-state index in [9.17, 15) is 9.50 Å². The van der Waals surface area contributed by atoms with Crippen LogP contribution in [0.5, 0.6) is 0 Å². The Bertz CT molecular complexity index is 399. The van der Waals surface area contributed by atoms with Gasteiger partial charge >= 0.3 is 0 Å². The van der Waals surface area contributed by atoms with Gasteiger partial charge in [-0.3, -0.25) is 4.90 Å². The smallest absolute Gasteiger partial charge is 0.123 e. The molecular formula is C16H25FN2O. The van der Waals surface area contributed by atoms with Gasteiger partial charge < -0.3 is 10.0 Å². The van der Waals surface area contributed by atoms with Crippen molar-refractivity contribution in [3.05, 3.63) is 35.6 Å². The average molecular weight is 280 g/mol. The number of β-amino-alcohol motifs (C(OH)–C–C–N with tert-alkyl or cyclic N) is 1. The zero-order chi connectivity index (χ0) is 14.5. The Hall–Kier alpha value is -0.970. The normalized spacial score (nSPS) is 19.4. The molecule has 0 radical (unpaired) electrons. The topological polar surface area (TPSA) is 26.7 Å². The van der Waals surface area contributed by atoms with Gasteiger partial charge in [-0.15, -0.1) is 0 Å². The number of piperazine rings is 1. The molecule has 1 aromatic carbocycles. The highest BCUT2D eigenvalue weighted by Crippen LogP contribution is 2.16. The summed E-state index contributed by atoms with van der Waals surface area (Å²) in [5, 5.41) is 10.2. The Morgan fingerprint density at radius 2 is 1.50 bits per heavy atom. The molecule has 0 saturated carbocycles. The molecule has 1 atom stereocenters. The van der Waals surface area contributed by atoms with Crippen molar-refractivity contribution in [3.8, 4) is 0 Å². The Morgan fingerprint density at radius 3 is 2.00 bits per heavy atom. The van der Waals surface area contributed by atoms with Crippen molar-refractivity contribution in [2.24, 2.45) is 5.92 Å². The Morgan fingerprint density at radius 1 is 1.00 bits per heavy atom. The SMILES string of the molecule is CC(C)CN1CCN(CC(O)c2ccc(F)cc2)CC1. The highest BCUT2D eigenvalue weighted by molar-refractivity contribution is 5.18.